The van der Waals surface area contributed by atoms with Crippen molar-refractivity contribution < 1.29 is 26.3 Å². The first-order valence-electron chi connectivity index (χ1n) is 18.3. The van der Waals surface area contributed by atoms with Crippen LogP contribution in [0.3, 0.4) is 0 Å². The van der Waals surface area contributed by atoms with E-state index in [0.29, 0.717) is 51.4 Å². The third-order valence-corrected chi connectivity index (χ3v) is 13.3. The Morgan fingerprint density at radius 3 is 1.81 bits per heavy atom. The van der Waals surface area contributed by atoms with Crippen LogP contribution < -0.4 is 31.7 Å². The van der Waals surface area contributed by atoms with Gasteiger partial charge < -0.3 is 4.74 Å². The summed E-state index contributed by atoms with van der Waals surface area (Å²) in [6, 6.07) is 23.0. The molecule has 0 radical (unpaired) electrons. The summed E-state index contributed by atoms with van der Waals surface area (Å²) in [6.45, 7) is 5.52. The lowest BCUT2D eigenvalue weighted by Gasteiger charge is -2.41. The molecular formula is C45H28F3N3O7S. The highest BCUT2D eigenvalue weighted by molar-refractivity contribution is 7.92. The summed E-state index contributed by atoms with van der Waals surface area (Å²) < 4.78 is 81.0. The van der Waals surface area contributed by atoms with Crippen molar-refractivity contribution in [3.63, 3.8) is 0 Å². The van der Waals surface area contributed by atoms with E-state index in [2.05, 4.69) is 4.72 Å². The molecule has 0 saturated carbocycles. The molecule has 0 bridgehead atoms. The van der Waals surface area contributed by atoms with Gasteiger partial charge in [-0.3, -0.25) is 28.5 Å². The van der Waals surface area contributed by atoms with Gasteiger partial charge in [-0.2, -0.15) is 0 Å². The number of halogens is 3. The van der Waals surface area contributed by atoms with E-state index >= 15 is 0 Å². The van der Waals surface area contributed by atoms with Crippen LogP contribution >= 0.6 is 0 Å². The molecule has 1 N–H and O–H groups in total. The first kappa shape index (κ1) is 36.3. The summed E-state index contributed by atoms with van der Waals surface area (Å²) in [4.78, 5) is 53.6. The first-order chi connectivity index (χ1) is 28.1. The molecule has 1 aliphatic heterocycles. The van der Waals surface area contributed by atoms with E-state index in [4.69, 9.17) is 4.74 Å². The Labute approximate surface area is 331 Å². The predicted molar refractivity (Wildman–Crippen MR) is 216 cm³/mol. The van der Waals surface area contributed by atoms with Gasteiger partial charge in [-0.25, -0.2) is 26.2 Å². The van der Waals surface area contributed by atoms with E-state index in [1.807, 2.05) is 50.2 Å². The zero-order valence-electron chi connectivity index (χ0n) is 31.5. The number of nitrogens with zero attached hydrogens (tertiary/aromatic N) is 2. The lowest BCUT2D eigenvalue weighted by molar-refractivity contribution is 0.428. The molecule has 1 atom stereocenters. The van der Waals surface area contributed by atoms with Crippen LogP contribution in [0.1, 0.15) is 38.9 Å². The Morgan fingerprint density at radius 1 is 0.610 bits per heavy atom. The topological polar surface area (TPSA) is 134 Å². The number of rotatable bonds is 4. The summed E-state index contributed by atoms with van der Waals surface area (Å²) in [7, 11) is -3.21. The normalized spacial score (nSPS) is 15.3. The van der Waals surface area contributed by atoms with Crippen LogP contribution in [-0.4, -0.2) is 17.6 Å². The van der Waals surface area contributed by atoms with Gasteiger partial charge in [0.05, 0.1) is 43.2 Å². The second kappa shape index (κ2) is 12.0. The van der Waals surface area contributed by atoms with Crippen LogP contribution in [0, 0.1) is 38.2 Å². The highest BCUT2D eigenvalue weighted by atomic mass is 32.2. The van der Waals surface area contributed by atoms with Crippen molar-refractivity contribution in [1.29, 1.82) is 0 Å². The second-order valence-electron chi connectivity index (χ2n) is 15.0. The fourth-order valence-electron chi connectivity index (χ4n) is 8.96. The van der Waals surface area contributed by atoms with E-state index in [1.165, 1.54) is 31.3 Å². The molecule has 2 aliphatic rings. The number of hydrogen-bond donors (Lipinski definition) is 1. The molecule has 10 rings (SSSR count). The maximum absolute atomic E-state index is 14.2. The zero-order valence-corrected chi connectivity index (χ0v) is 32.3. The van der Waals surface area contributed by atoms with Crippen LogP contribution in [0.25, 0.3) is 38.4 Å². The molecule has 0 amide bonds. The van der Waals surface area contributed by atoms with Crippen molar-refractivity contribution in [3.8, 4) is 28.3 Å². The quantitative estimate of drug-likeness (QED) is 0.189. The Balaban J connectivity index is 1.24. The van der Waals surface area contributed by atoms with Crippen LogP contribution in [0.4, 0.5) is 18.9 Å². The summed E-state index contributed by atoms with van der Waals surface area (Å²) in [5, 5.41) is 0.00910. The van der Waals surface area contributed by atoms with Crippen molar-refractivity contribution in [3.05, 3.63) is 189 Å². The minimum atomic E-state index is -4.54. The number of anilines is 1. The Hall–Kier alpha value is -7.06. The van der Waals surface area contributed by atoms with Gasteiger partial charge in [-0.1, -0.05) is 48.5 Å². The fourth-order valence-corrected chi connectivity index (χ4v) is 10.0. The molecule has 1 aliphatic carbocycles. The van der Waals surface area contributed by atoms with Gasteiger partial charge in [0.2, 0.25) is 0 Å². The van der Waals surface area contributed by atoms with Crippen LogP contribution in [0.2, 0.25) is 0 Å². The molecule has 6 aromatic carbocycles. The van der Waals surface area contributed by atoms with E-state index < -0.39 is 60.8 Å². The SMILES string of the molecule is Cc1ccc2c(c1C)Oc1c(ccc(-n3c(=O)c4cc5c(=O)n(C)c(=O)c5cc4c3=O)c1C)C21c2ccccc2-c2ccc(S(=O)(=O)Nc3cc(F)c(F)c(F)c3)cc21. The number of ether oxygens (including phenoxy) is 1. The van der Waals surface area contributed by atoms with Crippen molar-refractivity contribution in [2.75, 3.05) is 4.72 Å². The molecule has 2 aromatic heterocycles. The summed E-state index contributed by atoms with van der Waals surface area (Å²) >= 11 is 0. The molecular weight excluding hydrogens is 784 g/mol. The standard InChI is InChI=1S/C45H28F3N3O7S/c1-20-9-12-32-39(21(20)2)58-40-22(3)37(51-43(54)29-18-27-28(19-30(29)44(51)55)42(53)50(4)41(27)52)14-13-33(40)45(32)31-8-6-5-7-25(31)26-11-10-24(17-34(26)45)59(56,57)49-23-15-35(46)38(48)36(47)16-23/h5-19,49H,1-4H3. The molecule has 1 unspecified atom stereocenters. The molecule has 292 valence electrons. The monoisotopic (exact) mass is 811 g/mol. The molecule has 0 fully saturated rings. The number of sulfonamides is 1. The maximum Gasteiger partial charge on any atom is 0.266 e. The van der Waals surface area contributed by atoms with Crippen LogP contribution in [0.15, 0.2) is 115 Å². The number of hydrogen-bond acceptors (Lipinski definition) is 7. The fraction of sp³-hybridized carbons (Fsp3) is 0.111. The van der Waals surface area contributed by atoms with Gasteiger partial charge in [-0.05, 0) is 84.5 Å². The molecule has 10 nitrogen and oxygen atoms in total. The van der Waals surface area contributed by atoms with E-state index in [9.17, 15) is 40.8 Å². The van der Waals surface area contributed by atoms with Gasteiger partial charge in [0.15, 0.2) is 17.5 Å². The summed E-state index contributed by atoms with van der Waals surface area (Å²) in [5.74, 6) is -4.09. The van der Waals surface area contributed by atoms with Gasteiger partial charge in [0.25, 0.3) is 32.3 Å². The van der Waals surface area contributed by atoms with Gasteiger partial charge in [0.1, 0.15) is 11.5 Å². The molecule has 1 spiro atoms. The number of aryl methyl sites for hydroxylation is 1. The first-order valence-corrected chi connectivity index (χ1v) is 19.8. The maximum atomic E-state index is 14.2. The Bertz CT molecular complexity index is 3500. The van der Waals surface area contributed by atoms with Crippen LogP contribution in [-0.2, 0) is 22.5 Å². The van der Waals surface area contributed by atoms with E-state index in [1.54, 1.807) is 25.1 Å². The summed E-state index contributed by atoms with van der Waals surface area (Å²) in [6.07, 6.45) is 0. The second-order valence-corrected chi connectivity index (χ2v) is 16.7. The minimum absolute atomic E-state index is 0.0244. The lowest BCUT2D eigenvalue weighted by Crippen LogP contribution is -2.34. The zero-order chi connectivity index (χ0) is 41.6. The highest BCUT2D eigenvalue weighted by Gasteiger charge is 2.52. The van der Waals surface area contributed by atoms with Crippen molar-refractivity contribution in [2.24, 2.45) is 7.05 Å². The van der Waals surface area contributed by atoms with Crippen molar-refractivity contribution in [2.45, 2.75) is 31.1 Å². The van der Waals surface area contributed by atoms with Crippen molar-refractivity contribution in [1.82, 2.24) is 9.13 Å². The largest absolute Gasteiger partial charge is 0.456 e. The molecule has 59 heavy (non-hydrogen) atoms. The van der Waals surface area contributed by atoms with Gasteiger partial charge in [0, 0.05) is 35.9 Å². The van der Waals surface area contributed by atoms with Gasteiger partial charge in [-0.15, -0.1) is 0 Å². The van der Waals surface area contributed by atoms with E-state index in [0.717, 1.165) is 31.4 Å². The smallest absolute Gasteiger partial charge is 0.266 e. The highest BCUT2D eigenvalue weighted by Crippen LogP contribution is 2.63. The Kier molecular flexibility index (Phi) is 7.37. The average Bonchev–Trinajstić information content (AvgIpc) is 3.72. The third-order valence-electron chi connectivity index (χ3n) is 12.0. The predicted octanol–water partition coefficient (Wildman–Crippen LogP) is 7.05. The van der Waals surface area contributed by atoms with E-state index in [-0.39, 0.29) is 32.1 Å². The number of aromatic nitrogens is 2. The molecule has 0 saturated heterocycles. The number of nitrogens with one attached hydrogen (secondary N) is 1. The molecule has 8 aromatic rings. The average molecular weight is 812 g/mol. The number of benzene rings is 6. The summed E-state index contributed by atoms with van der Waals surface area (Å²) in [5.41, 5.74) is 2.04. The molecule has 3 heterocycles. The number of fused-ring (bicyclic) bond motifs is 11. The molecule has 14 heteroatoms. The van der Waals surface area contributed by atoms with Crippen molar-refractivity contribution >= 4 is 37.3 Å². The minimum Gasteiger partial charge on any atom is -0.456 e. The lowest BCUT2D eigenvalue weighted by atomic mass is 9.65. The Morgan fingerprint density at radius 2 is 1.17 bits per heavy atom. The van der Waals surface area contributed by atoms with Crippen LogP contribution in [0.5, 0.6) is 11.5 Å². The van der Waals surface area contributed by atoms with Gasteiger partial charge >= 0.3 is 0 Å². The third kappa shape index (κ3) is 4.65.